The average molecular weight is 296 g/mol. The van der Waals surface area contributed by atoms with Gasteiger partial charge in [-0.2, -0.15) is 0 Å². The minimum atomic E-state index is -3.86. The summed E-state index contributed by atoms with van der Waals surface area (Å²) in [6.07, 6.45) is 2.24. The molecule has 1 aliphatic rings. The van der Waals surface area contributed by atoms with E-state index in [2.05, 4.69) is 4.72 Å². The first-order chi connectivity index (χ1) is 8.40. The Morgan fingerprint density at radius 2 is 1.94 bits per heavy atom. The number of halogens is 3. The predicted octanol–water partition coefficient (Wildman–Crippen LogP) is 2.40. The Labute approximate surface area is 109 Å². The number of benzene rings is 1. The van der Waals surface area contributed by atoms with Crippen LogP contribution in [0.4, 0.5) is 8.78 Å². The van der Waals surface area contributed by atoms with Gasteiger partial charge in [0.05, 0.1) is 4.90 Å². The molecule has 1 N–H and O–H groups in total. The lowest BCUT2D eigenvalue weighted by molar-refractivity contribution is 0.503. The quantitative estimate of drug-likeness (QED) is 0.871. The van der Waals surface area contributed by atoms with E-state index in [1.54, 1.807) is 0 Å². The Morgan fingerprint density at radius 1 is 1.22 bits per heavy atom. The highest BCUT2D eigenvalue weighted by Gasteiger charge is 2.30. The van der Waals surface area contributed by atoms with Gasteiger partial charge in [-0.25, -0.2) is 21.9 Å². The lowest BCUT2D eigenvalue weighted by atomic mass is 10.3. The predicted molar refractivity (Wildman–Crippen MR) is 64.0 cm³/mol. The molecule has 1 aromatic rings. The van der Waals surface area contributed by atoms with Gasteiger partial charge in [0.25, 0.3) is 0 Å². The molecule has 100 valence electrons. The molecule has 2 unspecified atom stereocenters. The maximum Gasteiger partial charge on any atom is 0.240 e. The van der Waals surface area contributed by atoms with Gasteiger partial charge in [-0.15, -0.1) is 11.6 Å². The van der Waals surface area contributed by atoms with Gasteiger partial charge >= 0.3 is 0 Å². The van der Waals surface area contributed by atoms with Crippen molar-refractivity contribution in [3.63, 3.8) is 0 Å². The first-order valence-electron chi connectivity index (χ1n) is 5.51. The Morgan fingerprint density at radius 3 is 2.50 bits per heavy atom. The molecule has 2 rings (SSSR count). The summed E-state index contributed by atoms with van der Waals surface area (Å²) in [6.45, 7) is 0. The lowest BCUT2D eigenvalue weighted by Crippen LogP contribution is -2.37. The van der Waals surface area contributed by atoms with Crippen LogP contribution in [-0.4, -0.2) is 19.8 Å². The average Bonchev–Trinajstić information content (AvgIpc) is 2.67. The highest BCUT2D eigenvalue weighted by atomic mass is 35.5. The van der Waals surface area contributed by atoms with Crippen LogP contribution < -0.4 is 4.72 Å². The van der Waals surface area contributed by atoms with Crippen LogP contribution in [0.5, 0.6) is 0 Å². The van der Waals surface area contributed by atoms with Crippen molar-refractivity contribution in [2.75, 3.05) is 0 Å². The van der Waals surface area contributed by atoms with Gasteiger partial charge in [0.2, 0.25) is 10.0 Å². The highest BCUT2D eigenvalue weighted by Crippen LogP contribution is 2.25. The van der Waals surface area contributed by atoms with E-state index in [-0.39, 0.29) is 16.3 Å². The Kier molecular flexibility index (Phi) is 3.89. The molecular formula is C11H12ClF2NO2S. The van der Waals surface area contributed by atoms with Crippen molar-refractivity contribution in [1.82, 2.24) is 4.72 Å². The summed E-state index contributed by atoms with van der Waals surface area (Å²) >= 11 is 5.97. The fraction of sp³-hybridized carbons (Fsp3) is 0.455. The summed E-state index contributed by atoms with van der Waals surface area (Å²) in [5.41, 5.74) is 0. The van der Waals surface area contributed by atoms with Gasteiger partial charge in [0.1, 0.15) is 0 Å². The Hall–Kier alpha value is -0.720. The van der Waals surface area contributed by atoms with Crippen molar-refractivity contribution in [1.29, 1.82) is 0 Å². The maximum atomic E-state index is 13.0. The van der Waals surface area contributed by atoms with Crippen molar-refractivity contribution in [3.05, 3.63) is 29.8 Å². The molecular weight excluding hydrogens is 284 g/mol. The smallest absolute Gasteiger partial charge is 0.207 e. The molecule has 1 fully saturated rings. The van der Waals surface area contributed by atoms with E-state index >= 15 is 0 Å². The number of alkyl halides is 1. The first kappa shape index (κ1) is 13.7. The standard InChI is InChI=1S/C11H12ClF2NO2S/c12-8-2-1-3-11(8)15-18(16,17)7-4-5-9(13)10(14)6-7/h4-6,8,11,15H,1-3H2. The lowest BCUT2D eigenvalue weighted by Gasteiger charge is -2.16. The fourth-order valence-electron chi connectivity index (χ4n) is 1.96. The summed E-state index contributed by atoms with van der Waals surface area (Å²) in [6, 6.07) is 2.12. The van der Waals surface area contributed by atoms with Crippen molar-refractivity contribution >= 4 is 21.6 Å². The molecule has 7 heteroatoms. The Balaban J connectivity index is 2.22. The molecule has 0 heterocycles. The second-order valence-corrected chi connectivity index (χ2v) is 6.53. The zero-order chi connectivity index (χ0) is 13.3. The zero-order valence-electron chi connectivity index (χ0n) is 9.37. The van der Waals surface area contributed by atoms with Crippen LogP contribution in [0.1, 0.15) is 19.3 Å². The molecule has 0 aromatic heterocycles. The van der Waals surface area contributed by atoms with Crippen molar-refractivity contribution in [2.24, 2.45) is 0 Å². The van der Waals surface area contributed by atoms with Gasteiger partial charge in [0.15, 0.2) is 11.6 Å². The van der Waals surface area contributed by atoms with E-state index in [0.29, 0.717) is 12.5 Å². The molecule has 3 nitrogen and oxygen atoms in total. The molecule has 0 radical (unpaired) electrons. The van der Waals surface area contributed by atoms with Crippen molar-refractivity contribution in [2.45, 2.75) is 35.6 Å². The van der Waals surface area contributed by atoms with Gasteiger partial charge in [-0.1, -0.05) is 6.42 Å². The summed E-state index contributed by atoms with van der Waals surface area (Å²) < 4.78 is 52.0. The van der Waals surface area contributed by atoms with Crippen LogP contribution in [0.25, 0.3) is 0 Å². The summed E-state index contributed by atoms with van der Waals surface area (Å²) in [7, 11) is -3.86. The molecule has 1 saturated carbocycles. The second kappa shape index (κ2) is 5.11. The molecule has 1 aliphatic carbocycles. The van der Waals surface area contributed by atoms with Crippen LogP contribution in [0.3, 0.4) is 0 Å². The third-order valence-electron chi connectivity index (χ3n) is 2.94. The number of sulfonamides is 1. The van der Waals surface area contributed by atoms with Crippen LogP contribution in [0, 0.1) is 11.6 Å². The largest absolute Gasteiger partial charge is 0.240 e. The number of hydrogen-bond donors (Lipinski definition) is 1. The summed E-state index contributed by atoms with van der Waals surface area (Å²) in [5, 5.41) is -0.259. The summed E-state index contributed by atoms with van der Waals surface area (Å²) in [4.78, 5) is -0.294. The summed E-state index contributed by atoms with van der Waals surface area (Å²) in [5.74, 6) is -2.27. The van der Waals surface area contributed by atoms with Gasteiger partial charge < -0.3 is 0 Å². The molecule has 0 bridgehead atoms. The molecule has 1 aromatic carbocycles. The normalized spacial score (nSPS) is 24.4. The van der Waals surface area contributed by atoms with E-state index in [9.17, 15) is 17.2 Å². The van der Waals surface area contributed by atoms with Gasteiger partial charge in [-0.05, 0) is 31.0 Å². The minimum Gasteiger partial charge on any atom is -0.207 e. The Bertz CT molecular complexity index is 550. The van der Waals surface area contributed by atoms with E-state index in [4.69, 9.17) is 11.6 Å². The topological polar surface area (TPSA) is 46.2 Å². The maximum absolute atomic E-state index is 13.0. The van der Waals surface area contributed by atoms with Crippen molar-refractivity contribution < 1.29 is 17.2 Å². The van der Waals surface area contributed by atoms with Crippen LogP contribution in [0.15, 0.2) is 23.1 Å². The second-order valence-electron chi connectivity index (χ2n) is 4.25. The third-order valence-corrected chi connectivity index (χ3v) is 4.95. The highest BCUT2D eigenvalue weighted by molar-refractivity contribution is 7.89. The van der Waals surface area contributed by atoms with Gasteiger partial charge in [0, 0.05) is 11.4 Å². The molecule has 2 atom stereocenters. The van der Waals surface area contributed by atoms with Gasteiger partial charge in [-0.3, -0.25) is 0 Å². The molecule has 18 heavy (non-hydrogen) atoms. The molecule has 0 spiro atoms. The number of hydrogen-bond acceptors (Lipinski definition) is 2. The van der Waals surface area contributed by atoms with Crippen LogP contribution in [0.2, 0.25) is 0 Å². The van der Waals surface area contributed by atoms with Crippen molar-refractivity contribution in [3.8, 4) is 0 Å². The molecule has 0 aliphatic heterocycles. The monoisotopic (exact) mass is 295 g/mol. The van der Waals surface area contributed by atoms with E-state index in [0.717, 1.165) is 25.0 Å². The van der Waals surface area contributed by atoms with E-state index in [1.165, 1.54) is 0 Å². The van der Waals surface area contributed by atoms with E-state index < -0.39 is 21.7 Å². The number of rotatable bonds is 3. The minimum absolute atomic E-state index is 0.259. The fourth-order valence-corrected chi connectivity index (χ4v) is 3.70. The zero-order valence-corrected chi connectivity index (χ0v) is 10.9. The first-order valence-corrected chi connectivity index (χ1v) is 7.43. The van der Waals surface area contributed by atoms with Crippen LogP contribution in [-0.2, 0) is 10.0 Å². The van der Waals surface area contributed by atoms with Crippen LogP contribution >= 0.6 is 11.6 Å². The molecule has 0 saturated heterocycles. The third kappa shape index (κ3) is 2.81. The molecule has 0 amide bonds. The SMILES string of the molecule is O=S(=O)(NC1CCCC1Cl)c1ccc(F)c(F)c1. The van der Waals surface area contributed by atoms with E-state index in [1.807, 2.05) is 0 Å². The number of nitrogens with one attached hydrogen (secondary N) is 1.